The van der Waals surface area contributed by atoms with Crippen molar-refractivity contribution >= 4 is 5.97 Å². The fraction of sp³-hybridized carbons (Fsp3) is 0.409. The van der Waals surface area contributed by atoms with Crippen LogP contribution >= 0.6 is 0 Å². The van der Waals surface area contributed by atoms with Crippen LogP contribution in [0.15, 0.2) is 54.6 Å². The zero-order chi connectivity index (χ0) is 17.2. The summed E-state index contributed by atoms with van der Waals surface area (Å²) in [7, 11) is 0. The highest BCUT2D eigenvalue weighted by atomic mass is 16.4. The fourth-order valence-corrected chi connectivity index (χ4v) is 4.37. The minimum atomic E-state index is -0.713. The van der Waals surface area contributed by atoms with Crippen molar-refractivity contribution in [1.82, 2.24) is 0 Å². The number of aliphatic carboxylic acids is 1. The van der Waals surface area contributed by atoms with Crippen molar-refractivity contribution in [3.05, 3.63) is 71.3 Å². The molecule has 126 valence electrons. The SMILES string of the molecule is C[C@@H]1CC[C@@H]([C@@](C)(CCC(=O)O)c2ccccc2)c2ccccc21. The van der Waals surface area contributed by atoms with E-state index in [1.165, 1.54) is 16.7 Å². The number of rotatable bonds is 5. The van der Waals surface area contributed by atoms with E-state index in [0.29, 0.717) is 18.3 Å². The molecule has 2 aromatic carbocycles. The first-order chi connectivity index (χ1) is 11.5. The molecule has 0 bridgehead atoms. The van der Waals surface area contributed by atoms with Gasteiger partial charge in [-0.25, -0.2) is 0 Å². The van der Waals surface area contributed by atoms with Crippen LogP contribution in [0.5, 0.6) is 0 Å². The van der Waals surface area contributed by atoms with Crippen molar-refractivity contribution in [2.75, 3.05) is 0 Å². The van der Waals surface area contributed by atoms with Crippen LogP contribution in [0.2, 0.25) is 0 Å². The zero-order valence-corrected chi connectivity index (χ0v) is 14.5. The van der Waals surface area contributed by atoms with E-state index in [1.807, 2.05) is 6.07 Å². The van der Waals surface area contributed by atoms with Gasteiger partial charge in [-0.2, -0.15) is 0 Å². The average molecular weight is 322 g/mol. The molecule has 0 spiro atoms. The molecule has 3 atom stereocenters. The summed E-state index contributed by atoms with van der Waals surface area (Å²) in [6, 6.07) is 19.2. The van der Waals surface area contributed by atoms with Gasteiger partial charge >= 0.3 is 5.97 Å². The summed E-state index contributed by atoms with van der Waals surface area (Å²) in [6.07, 6.45) is 3.15. The maximum absolute atomic E-state index is 11.3. The highest BCUT2D eigenvalue weighted by molar-refractivity contribution is 5.67. The molecule has 1 aliphatic carbocycles. The molecule has 1 aliphatic rings. The number of hydrogen-bond donors (Lipinski definition) is 1. The number of carboxylic acids is 1. The molecule has 0 amide bonds. The lowest BCUT2D eigenvalue weighted by atomic mass is 9.61. The van der Waals surface area contributed by atoms with Crippen LogP contribution in [0.3, 0.4) is 0 Å². The summed E-state index contributed by atoms with van der Waals surface area (Å²) in [5.41, 5.74) is 3.94. The van der Waals surface area contributed by atoms with E-state index in [1.54, 1.807) is 0 Å². The van der Waals surface area contributed by atoms with Gasteiger partial charge in [0.05, 0.1) is 0 Å². The van der Waals surface area contributed by atoms with E-state index >= 15 is 0 Å². The molecule has 0 radical (unpaired) electrons. The predicted octanol–water partition coefficient (Wildman–Crippen LogP) is 5.49. The molecule has 24 heavy (non-hydrogen) atoms. The van der Waals surface area contributed by atoms with E-state index in [4.69, 9.17) is 0 Å². The molecule has 0 saturated heterocycles. The van der Waals surface area contributed by atoms with Crippen LogP contribution in [0, 0.1) is 0 Å². The average Bonchev–Trinajstić information content (AvgIpc) is 2.61. The Morgan fingerprint density at radius 3 is 2.33 bits per heavy atom. The Labute approximate surface area is 144 Å². The van der Waals surface area contributed by atoms with Crippen LogP contribution < -0.4 is 0 Å². The maximum atomic E-state index is 11.3. The first kappa shape index (κ1) is 16.8. The van der Waals surface area contributed by atoms with Crippen molar-refractivity contribution in [2.45, 2.75) is 56.8 Å². The van der Waals surface area contributed by atoms with Gasteiger partial charge in [0, 0.05) is 6.42 Å². The molecule has 2 nitrogen and oxygen atoms in total. The van der Waals surface area contributed by atoms with E-state index < -0.39 is 5.97 Å². The topological polar surface area (TPSA) is 37.3 Å². The molecule has 1 N–H and O–H groups in total. The Balaban J connectivity index is 2.06. The summed E-state index contributed by atoms with van der Waals surface area (Å²) in [6.45, 7) is 4.55. The Bertz CT molecular complexity index is 707. The fourth-order valence-electron chi connectivity index (χ4n) is 4.37. The summed E-state index contributed by atoms with van der Waals surface area (Å²) in [5, 5.41) is 9.26. The van der Waals surface area contributed by atoms with Crippen molar-refractivity contribution in [1.29, 1.82) is 0 Å². The normalized spacial score (nSPS) is 22.4. The smallest absolute Gasteiger partial charge is 0.303 e. The Morgan fingerprint density at radius 1 is 1.04 bits per heavy atom. The summed E-state index contributed by atoms with van der Waals surface area (Å²) in [4.78, 5) is 11.3. The largest absolute Gasteiger partial charge is 0.481 e. The second kappa shape index (κ2) is 6.80. The molecule has 0 aliphatic heterocycles. The van der Waals surface area contributed by atoms with Gasteiger partial charge in [0.25, 0.3) is 0 Å². The second-order valence-corrected chi connectivity index (χ2v) is 7.34. The van der Waals surface area contributed by atoms with Crippen molar-refractivity contribution in [3.63, 3.8) is 0 Å². The highest BCUT2D eigenvalue weighted by Crippen LogP contribution is 2.50. The van der Waals surface area contributed by atoms with Gasteiger partial charge in [-0.3, -0.25) is 4.79 Å². The van der Waals surface area contributed by atoms with E-state index in [9.17, 15) is 9.90 Å². The van der Waals surface area contributed by atoms with Gasteiger partial charge in [0.2, 0.25) is 0 Å². The third kappa shape index (κ3) is 3.10. The van der Waals surface area contributed by atoms with E-state index in [-0.39, 0.29) is 11.8 Å². The van der Waals surface area contributed by atoms with Gasteiger partial charge in [-0.1, -0.05) is 68.4 Å². The molecular weight excluding hydrogens is 296 g/mol. The zero-order valence-electron chi connectivity index (χ0n) is 14.5. The van der Waals surface area contributed by atoms with Crippen LogP contribution in [-0.2, 0) is 10.2 Å². The van der Waals surface area contributed by atoms with Gasteiger partial charge in [0.15, 0.2) is 0 Å². The van der Waals surface area contributed by atoms with Crippen LogP contribution in [0.4, 0.5) is 0 Å². The Morgan fingerprint density at radius 2 is 1.67 bits per heavy atom. The van der Waals surface area contributed by atoms with E-state index in [2.05, 4.69) is 62.4 Å². The lowest BCUT2D eigenvalue weighted by molar-refractivity contribution is -0.137. The summed E-state index contributed by atoms with van der Waals surface area (Å²) >= 11 is 0. The molecule has 2 aromatic rings. The van der Waals surface area contributed by atoms with Crippen molar-refractivity contribution in [3.8, 4) is 0 Å². The summed E-state index contributed by atoms with van der Waals surface area (Å²) in [5.74, 6) is 0.234. The third-order valence-corrected chi connectivity index (χ3v) is 5.85. The standard InChI is InChI=1S/C22H26O2/c1-16-12-13-20(19-11-7-6-10-18(16)19)22(2,15-14-21(23)24)17-8-4-3-5-9-17/h3-11,16,20H,12-15H2,1-2H3,(H,23,24)/t16-,20-,22+/m1/s1. The quantitative estimate of drug-likeness (QED) is 0.790. The van der Waals surface area contributed by atoms with Gasteiger partial charge in [-0.15, -0.1) is 0 Å². The van der Waals surface area contributed by atoms with Crippen LogP contribution in [-0.4, -0.2) is 11.1 Å². The molecule has 0 unspecified atom stereocenters. The van der Waals surface area contributed by atoms with E-state index in [0.717, 1.165) is 12.8 Å². The van der Waals surface area contributed by atoms with Gasteiger partial charge in [0.1, 0.15) is 0 Å². The monoisotopic (exact) mass is 322 g/mol. The number of hydrogen-bond acceptors (Lipinski definition) is 1. The Hall–Kier alpha value is -2.09. The number of benzene rings is 2. The minimum absolute atomic E-state index is 0.157. The van der Waals surface area contributed by atoms with Gasteiger partial charge < -0.3 is 5.11 Å². The van der Waals surface area contributed by atoms with Crippen LogP contribution in [0.25, 0.3) is 0 Å². The molecular formula is C22H26O2. The molecule has 0 aromatic heterocycles. The maximum Gasteiger partial charge on any atom is 0.303 e. The first-order valence-corrected chi connectivity index (χ1v) is 8.88. The molecule has 0 heterocycles. The summed E-state index contributed by atoms with van der Waals surface area (Å²) < 4.78 is 0. The van der Waals surface area contributed by atoms with Gasteiger partial charge in [-0.05, 0) is 53.2 Å². The lowest BCUT2D eigenvalue weighted by Crippen LogP contribution is -2.34. The number of carboxylic acid groups (broad SMARTS) is 1. The first-order valence-electron chi connectivity index (χ1n) is 8.88. The second-order valence-electron chi connectivity index (χ2n) is 7.34. The molecule has 2 heteroatoms. The van der Waals surface area contributed by atoms with Crippen molar-refractivity contribution in [2.24, 2.45) is 0 Å². The van der Waals surface area contributed by atoms with Crippen molar-refractivity contribution < 1.29 is 9.90 Å². The highest BCUT2D eigenvalue weighted by Gasteiger charge is 2.40. The lowest BCUT2D eigenvalue weighted by Gasteiger charge is -2.43. The molecule has 3 rings (SSSR count). The number of fused-ring (bicyclic) bond motifs is 1. The number of carbonyl (C=O) groups is 1. The minimum Gasteiger partial charge on any atom is -0.481 e. The molecule has 0 saturated carbocycles. The Kier molecular flexibility index (Phi) is 4.75. The molecule has 0 fully saturated rings. The van der Waals surface area contributed by atoms with Crippen LogP contribution in [0.1, 0.15) is 68.1 Å². The third-order valence-electron chi connectivity index (χ3n) is 5.85. The predicted molar refractivity (Wildman–Crippen MR) is 97.5 cm³/mol.